The van der Waals surface area contributed by atoms with Crippen molar-refractivity contribution in [1.82, 2.24) is 0 Å². The van der Waals surface area contributed by atoms with Crippen LogP contribution in [0.4, 0.5) is 4.39 Å². The van der Waals surface area contributed by atoms with Crippen LogP contribution in [0.25, 0.3) is 0 Å². The second kappa shape index (κ2) is 6.02. The smallest absolute Gasteiger partial charge is 0.123 e. The lowest BCUT2D eigenvalue weighted by Gasteiger charge is -2.41. The molecule has 0 radical (unpaired) electrons. The lowest BCUT2D eigenvalue weighted by molar-refractivity contribution is -0.0583. The first-order valence-corrected chi connectivity index (χ1v) is 7.13. The molecule has 0 saturated heterocycles. The Hall–Kier alpha value is -0.930. The third-order valence-electron chi connectivity index (χ3n) is 4.53. The number of halogens is 1. The van der Waals surface area contributed by atoms with Crippen LogP contribution in [-0.2, 0) is 11.2 Å². The standard InChI is InChI=1S/C16H24FNO/c1-12-10-14(17)7-6-13(12)11-15(18)16(19-2)8-4-3-5-9-16/h6-7,10,15H,3-5,8-9,11,18H2,1-2H3. The van der Waals surface area contributed by atoms with Gasteiger partial charge in [0.05, 0.1) is 5.60 Å². The number of nitrogens with two attached hydrogens (primary N) is 1. The molecule has 19 heavy (non-hydrogen) atoms. The van der Waals surface area contributed by atoms with Crippen molar-refractivity contribution >= 4 is 0 Å². The average Bonchev–Trinajstić information content (AvgIpc) is 2.42. The molecule has 1 saturated carbocycles. The van der Waals surface area contributed by atoms with Gasteiger partial charge in [-0.1, -0.05) is 25.3 Å². The van der Waals surface area contributed by atoms with E-state index >= 15 is 0 Å². The first-order valence-electron chi connectivity index (χ1n) is 7.13. The number of hydrogen-bond acceptors (Lipinski definition) is 2. The van der Waals surface area contributed by atoms with Crippen LogP contribution in [0.15, 0.2) is 18.2 Å². The Morgan fingerprint density at radius 1 is 1.32 bits per heavy atom. The van der Waals surface area contributed by atoms with Crippen LogP contribution >= 0.6 is 0 Å². The van der Waals surface area contributed by atoms with Crippen molar-refractivity contribution in [2.45, 2.75) is 57.1 Å². The molecule has 1 unspecified atom stereocenters. The van der Waals surface area contributed by atoms with Crippen LogP contribution in [0.3, 0.4) is 0 Å². The summed E-state index contributed by atoms with van der Waals surface area (Å²) in [5.41, 5.74) is 8.31. The van der Waals surface area contributed by atoms with E-state index in [1.165, 1.54) is 25.3 Å². The Bertz CT molecular complexity index is 427. The first-order chi connectivity index (χ1) is 9.07. The second-order valence-electron chi connectivity index (χ2n) is 5.71. The molecule has 2 nitrogen and oxygen atoms in total. The number of rotatable bonds is 4. The fourth-order valence-electron chi connectivity index (χ4n) is 3.19. The summed E-state index contributed by atoms with van der Waals surface area (Å²) in [5.74, 6) is -0.186. The number of aryl methyl sites for hydroxylation is 1. The van der Waals surface area contributed by atoms with E-state index in [0.717, 1.165) is 30.4 Å². The normalized spacial score (nSPS) is 20.2. The number of methoxy groups -OCH3 is 1. The largest absolute Gasteiger partial charge is 0.377 e. The van der Waals surface area contributed by atoms with Crippen molar-refractivity contribution in [2.24, 2.45) is 5.73 Å². The van der Waals surface area contributed by atoms with E-state index in [0.29, 0.717) is 0 Å². The second-order valence-corrected chi connectivity index (χ2v) is 5.71. The van der Waals surface area contributed by atoms with Gasteiger partial charge in [-0.2, -0.15) is 0 Å². The molecule has 0 spiro atoms. The fourth-order valence-corrected chi connectivity index (χ4v) is 3.19. The van der Waals surface area contributed by atoms with Crippen molar-refractivity contribution in [1.29, 1.82) is 0 Å². The minimum Gasteiger partial charge on any atom is -0.377 e. The highest BCUT2D eigenvalue weighted by Gasteiger charge is 2.38. The first kappa shape index (κ1) is 14.5. The molecule has 2 rings (SSSR count). The number of ether oxygens (including phenoxy) is 1. The molecule has 0 amide bonds. The summed E-state index contributed by atoms with van der Waals surface area (Å²) in [4.78, 5) is 0. The van der Waals surface area contributed by atoms with E-state index in [1.54, 1.807) is 13.2 Å². The molecule has 1 fully saturated rings. The van der Waals surface area contributed by atoms with Crippen molar-refractivity contribution < 1.29 is 9.13 Å². The maximum atomic E-state index is 13.1. The number of hydrogen-bond donors (Lipinski definition) is 1. The molecule has 2 N–H and O–H groups in total. The van der Waals surface area contributed by atoms with Crippen molar-refractivity contribution in [3.8, 4) is 0 Å². The molecule has 1 aliphatic carbocycles. The van der Waals surface area contributed by atoms with Gasteiger partial charge in [0.25, 0.3) is 0 Å². The van der Waals surface area contributed by atoms with Crippen LogP contribution in [-0.4, -0.2) is 18.8 Å². The predicted octanol–water partition coefficient (Wildman–Crippen LogP) is 3.35. The Morgan fingerprint density at radius 2 is 2.00 bits per heavy atom. The Labute approximate surface area is 115 Å². The summed E-state index contributed by atoms with van der Waals surface area (Å²) in [5, 5.41) is 0. The van der Waals surface area contributed by atoms with Crippen molar-refractivity contribution in [2.75, 3.05) is 7.11 Å². The lowest BCUT2D eigenvalue weighted by atomic mass is 9.77. The van der Waals surface area contributed by atoms with Crippen LogP contribution in [0.1, 0.15) is 43.2 Å². The summed E-state index contributed by atoms with van der Waals surface area (Å²) in [6.45, 7) is 1.94. The molecule has 106 valence electrons. The zero-order valence-corrected chi connectivity index (χ0v) is 11.9. The maximum Gasteiger partial charge on any atom is 0.123 e. The summed E-state index contributed by atoms with van der Waals surface area (Å²) in [6, 6.07) is 4.90. The Balaban J connectivity index is 2.12. The molecule has 1 aliphatic rings. The highest BCUT2D eigenvalue weighted by atomic mass is 19.1. The third kappa shape index (κ3) is 3.15. The van der Waals surface area contributed by atoms with Gasteiger partial charge < -0.3 is 10.5 Å². The quantitative estimate of drug-likeness (QED) is 0.906. The molecule has 1 aromatic rings. The topological polar surface area (TPSA) is 35.2 Å². The molecule has 0 bridgehead atoms. The monoisotopic (exact) mass is 265 g/mol. The van der Waals surface area contributed by atoms with Gasteiger partial charge >= 0.3 is 0 Å². The van der Waals surface area contributed by atoms with Crippen molar-refractivity contribution in [3.05, 3.63) is 35.1 Å². The van der Waals surface area contributed by atoms with Crippen LogP contribution in [0.2, 0.25) is 0 Å². The van der Waals surface area contributed by atoms with E-state index in [2.05, 4.69) is 0 Å². The Morgan fingerprint density at radius 3 is 2.58 bits per heavy atom. The molecule has 1 atom stereocenters. The van der Waals surface area contributed by atoms with Gasteiger partial charge in [-0.25, -0.2) is 4.39 Å². The highest BCUT2D eigenvalue weighted by Crippen LogP contribution is 2.34. The van der Waals surface area contributed by atoms with Gasteiger partial charge in [0.2, 0.25) is 0 Å². The SMILES string of the molecule is COC1(C(N)Cc2ccc(F)cc2C)CCCCC1. The van der Waals surface area contributed by atoms with Gasteiger partial charge in [-0.05, 0) is 49.4 Å². The summed E-state index contributed by atoms with van der Waals surface area (Å²) >= 11 is 0. The zero-order valence-electron chi connectivity index (χ0n) is 11.9. The molecule has 0 aromatic heterocycles. The van der Waals surface area contributed by atoms with Gasteiger partial charge in [0, 0.05) is 13.2 Å². The van der Waals surface area contributed by atoms with Crippen molar-refractivity contribution in [3.63, 3.8) is 0 Å². The maximum absolute atomic E-state index is 13.1. The summed E-state index contributed by atoms with van der Waals surface area (Å²) < 4.78 is 18.9. The van der Waals surface area contributed by atoms with Gasteiger partial charge in [0.15, 0.2) is 0 Å². The fraction of sp³-hybridized carbons (Fsp3) is 0.625. The van der Waals surface area contributed by atoms with Crippen LogP contribution in [0.5, 0.6) is 0 Å². The van der Waals surface area contributed by atoms with E-state index in [4.69, 9.17) is 10.5 Å². The minimum absolute atomic E-state index is 0.0260. The average molecular weight is 265 g/mol. The molecular weight excluding hydrogens is 241 g/mol. The highest BCUT2D eigenvalue weighted by molar-refractivity contribution is 5.28. The molecule has 0 aliphatic heterocycles. The van der Waals surface area contributed by atoms with Crippen LogP contribution in [0, 0.1) is 12.7 Å². The predicted molar refractivity (Wildman–Crippen MR) is 75.6 cm³/mol. The summed E-state index contributed by atoms with van der Waals surface area (Å²) in [6.07, 6.45) is 6.46. The molecule has 1 aromatic carbocycles. The van der Waals surface area contributed by atoms with Crippen LogP contribution < -0.4 is 5.73 Å². The van der Waals surface area contributed by atoms with E-state index in [1.807, 2.05) is 13.0 Å². The lowest BCUT2D eigenvalue weighted by Crippen LogP contribution is -2.52. The van der Waals surface area contributed by atoms with Gasteiger partial charge in [-0.3, -0.25) is 0 Å². The third-order valence-corrected chi connectivity index (χ3v) is 4.53. The van der Waals surface area contributed by atoms with E-state index in [-0.39, 0.29) is 17.5 Å². The van der Waals surface area contributed by atoms with Gasteiger partial charge in [-0.15, -0.1) is 0 Å². The summed E-state index contributed by atoms with van der Waals surface area (Å²) in [7, 11) is 1.77. The molecular formula is C16H24FNO. The molecule has 3 heteroatoms. The molecule has 0 heterocycles. The Kier molecular flexibility index (Phi) is 4.58. The minimum atomic E-state index is -0.195. The number of benzene rings is 1. The van der Waals surface area contributed by atoms with E-state index < -0.39 is 0 Å². The van der Waals surface area contributed by atoms with E-state index in [9.17, 15) is 4.39 Å². The zero-order chi connectivity index (χ0) is 13.9. The van der Waals surface area contributed by atoms with Gasteiger partial charge in [0.1, 0.15) is 5.82 Å².